The molecule has 2 N–H and O–H groups in total. The van der Waals surface area contributed by atoms with Gasteiger partial charge in [0.25, 0.3) is 0 Å². The van der Waals surface area contributed by atoms with Gasteiger partial charge in [-0.1, -0.05) is 35.9 Å². The summed E-state index contributed by atoms with van der Waals surface area (Å²) in [6, 6.07) is 14.2. The summed E-state index contributed by atoms with van der Waals surface area (Å²) < 4.78 is 13.7. The number of hydrogen-bond donors (Lipinski definition) is 2. The molecule has 1 atom stereocenters. The van der Waals surface area contributed by atoms with Crippen molar-refractivity contribution in [3.05, 3.63) is 87.2 Å². The highest BCUT2D eigenvalue weighted by Gasteiger charge is 2.22. The number of nitrogens with one attached hydrogen (secondary N) is 2. The van der Waals surface area contributed by atoms with E-state index in [4.69, 9.17) is 11.6 Å². The number of nitrogens with zero attached hydrogens (tertiary/aromatic N) is 1. The van der Waals surface area contributed by atoms with Crippen LogP contribution in [0.3, 0.4) is 0 Å². The van der Waals surface area contributed by atoms with Gasteiger partial charge in [0.15, 0.2) is 10.3 Å². The van der Waals surface area contributed by atoms with Crippen molar-refractivity contribution in [2.24, 2.45) is 0 Å². The van der Waals surface area contributed by atoms with Gasteiger partial charge < -0.3 is 10.6 Å². The zero-order chi connectivity index (χ0) is 20.2. The Morgan fingerprint density at radius 1 is 1.10 bits per heavy atom. The number of rotatable bonds is 6. The largest absolute Gasteiger partial charge is 0.378 e. The first-order valence-electron chi connectivity index (χ1n) is 9.26. The Kier molecular flexibility index (Phi) is 5.92. The third-order valence-electron chi connectivity index (χ3n) is 4.79. The summed E-state index contributed by atoms with van der Waals surface area (Å²) in [4.78, 5) is 17.4. The Labute approximate surface area is 177 Å². The standard InChI is InChI=1S/C22H19ClFN3OS/c23-22-26-13-19(29-22)12-25-20-3-1-2-4-21(20)27-17-9-15(10-18(28)11-17)14-5-7-16(24)8-6-14/h1-8,11,13,15,25,27H,9-10,12H2. The van der Waals surface area contributed by atoms with Gasteiger partial charge in [-0.3, -0.25) is 4.79 Å². The van der Waals surface area contributed by atoms with Gasteiger partial charge in [0.2, 0.25) is 0 Å². The number of thiazole rings is 1. The molecule has 7 heteroatoms. The van der Waals surface area contributed by atoms with Gasteiger partial charge in [0.1, 0.15) is 5.82 Å². The van der Waals surface area contributed by atoms with Crippen LogP contribution in [0.15, 0.2) is 66.5 Å². The monoisotopic (exact) mass is 427 g/mol. The zero-order valence-corrected chi connectivity index (χ0v) is 17.1. The summed E-state index contributed by atoms with van der Waals surface area (Å²) in [5, 5.41) is 6.79. The molecule has 2 aromatic carbocycles. The van der Waals surface area contributed by atoms with E-state index >= 15 is 0 Å². The minimum absolute atomic E-state index is 0.0371. The number of benzene rings is 2. The summed E-state index contributed by atoms with van der Waals surface area (Å²) in [5.41, 5.74) is 3.64. The third kappa shape index (κ3) is 5.02. The van der Waals surface area contributed by atoms with E-state index in [-0.39, 0.29) is 17.5 Å². The molecule has 1 aliphatic rings. The van der Waals surface area contributed by atoms with Crippen molar-refractivity contribution in [3.8, 4) is 0 Å². The highest BCUT2D eigenvalue weighted by Crippen LogP contribution is 2.33. The van der Waals surface area contributed by atoms with E-state index in [1.165, 1.54) is 23.5 Å². The number of anilines is 2. The van der Waals surface area contributed by atoms with Crippen LogP contribution in [0.1, 0.15) is 29.2 Å². The fourth-order valence-corrected chi connectivity index (χ4v) is 4.33. The van der Waals surface area contributed by atoms with Crippen LogP contribution in [0.5, 0.6) is 0 Å². The number of ketones is 1. The van der Waals surface area contributed by atoms with Crippen molar-refractivity contribution in [1.82, 2.24) is 4.98 Å². The zero-order valence-electron chi connectivity index (χ0n) is 15.5. The number of carbonyl (C=O) groups excluding carboxylic acids is 1. The predicted octanol–water partition coefficient (Wildman–Crippen LogP) is 5.99. The number of allylic oxidation sites excluding steroid dienone is 2. The average molecular weight is 428 g/mol. The number of halogens is 2. The Balaban J connectivity index is 1.48. The van der Waals surface area contributed by atoms with Crippen molar-refractivity contribution in [3.63, 3.8) is 0 Å². The molecule has 0 radical (unpaired) electrons. The van der Waals surface area contributed by atoms with E-state index in [0.717, 1.165) is 27.5 Å². The molecule has 1 aromatic heterocycles. The van der Waals surface area contributed by atoms with Crippen molar-refractivity contribution < 1.29 is 9.18 Å². The average Bonchev–Trinajstić information content (AvgIpc) is 3.13. The lowest BCUT2D eigenvalue weighted by Gasteiger charge is -2.24. The van der Waals surface area contributed by atoms with E-state index in [1.54, 1.807) is 24.4 Å². The molecule has 1 heterocycles. The van der Waals surface area contributed by atoms with Crippen LogP contribution in [0, 0.1) is 5.82 Å². The van der Waals surface area contributed by atoms with E-state index in [9.17, 15) is 9.18 Å². The Bertz CT molecular complexity index is 1050. The van der Waals surface area contributed by atoms with E-state index in [0.29, 0.717) is 23.9 Å². The maximum Gasteiger partial charge on any atom is 0.183 e. The topological polar surface area (TPSA) is 54.0 Å². The van der Waals surface area contributed by atoms with E-state index in [2.05, 4.69) is 15.6 Å². The van der Waals surface area contributed by atoms with Crippen LogP contribution in [-0.4, -0.2) is 10.8 Å². The summed E-state index contributed by atoms with van der Waals surface area (Å²) in [7, 11) is 0. The molecule has 0 fully saturated rings. The van der Waals surface area contributed by atoms with Gasteiger partial charge in [-0.05, 0) is 42.2 Å². The number of para-hydroxylation sites is 2. The van der Waals surface area contributed by atoms with Crippen LogP contribution in [0.4, 0.5) is 15.8 Å². The lowest BCUT2D eigenvalue weighted by molar-refractivity contribution is -0.115. The molecule has 0 saturated carbocycles. The minimum atomic E-state index is -0.271. The molecule has 0 bridgehead atoms. The Hall–Kier alpha value is -2.70. The van der Waals surface area contributed by atoms with Crippen molar-refractivity contribution in [2.75, 3.05) is 10.6 Å². The first-order chi connectivity index (χ1) is 14.1. The maximum atomic E-state index is 13.2. The second kappa shape index (κ2) is 8.76. The maximum absolute atomic E-state index is 13.2. The second-order valence-corrected chi connectivity index (χ2v) is 8.59. The Morgan fingerprint density at radius 2 is 1.86 bits per heavy atom. The molecule has 0 amide bonds. The number of hydrogen-bond acceptors (Lipinski definition) is 5. The van der Waals surface area contributed by atoms with Gasteiger partial charge in [-0.25, -0.2) is 9.37 Å². The minimum Gasteiger partial charge on any atom is -0.378 e. The molecule has 4 nitrogen and oxygen atoms in total. The molecule has 0 aliphatic heterocycles. The lowest BCUT2D eigenvalue weighted by Crippen LogP contribution is -2.17. The molecular formula is C22H19ClFN3OS. The highest BCUT2D eigenvalue weighted by atomic mass is 35.5. The van der Waals surface area contributed by atoms with Crippen LogP contribution < -0.4 is 10.6 Å². The van der Waals surface area contributed by atoms with Crippen molar-refractivity contribution in [1.29, 1.82) is 0 Å². The van der Waals surface area contributed by atoms with Gasteiger partial charge in [0, 0.05) is 29.3 Å². The number of carbonyl (C=O) groups is 1. The fourth-order valence-electron chi connectivity index (χ4n) is 3.42. The molecule has 148 valence electrons. The molecular weight excluding hydrogens is 409 g/mol. The SMILES string of the molecule is O=C1C=C(Nc2ccccc2NCc2cnc(Cl)s2)CC(c2ccc(F)cc2)C1. The molecule has 1 unspecified atom stereocenters. The van der Waals surface area contributed by atoms with Crippen LogP contribution in [0.2, 0.25) is 4.47 Å². The number of aromatic nitrogens is 1. The van der Waals surface area contributed by atoms with Crippen molar-refractivity contribution >= 4 is 40.1 Å². The van der Waals surface area contributed by atoms with E-state index < -0.39 is 0 Å². The van der Waals surface area contributed by atoms with Crippen LogP contribution in [0.25, 0.3) is 0 Å². The summed E-state index contributed by atoms with van der Waals surface area (Å²) >= 11 is 7.33. The van der Waals surface area contributed by atoms with Crippen molar-refractivity contribution in [2.45, 2.75) is 25.3 Å². The molecule has 0 spiro atoms. The third-order valence-corrected chi connectivity index (χ3v) is 5.91. The summed E-state index contributed by atoms with van der Waals surface area (Å²) in [5.74, 6) is -0.167. The summed E-state index contributed by atoms with van der Waals surface area (Å²) in [6.45, 7) is 0.610. The molecule has 4 rings (SSSR count). The molecule has 3 aromatic rings. The predicted molar refractivity (Wildman–Crippen MR) is 116 cm³/mol. The molecule has 1 aliphatic carbocycles. The van der Waals surface area contributed by atoms with E-state index in [1.807, 2.05) is 24.3 Å². The quantitative estimate of drug-likeness (QED) is 0.507. The smallest absolute Gasteiger partial charge is 0.183 e. The lowest BCUT2D eigenvalue weighted by atomic mass is 9.85. The first kappa shape index (κ1) is 19.6. The first-order valence-corrected chi connectivity index (χ1v) is 10.5. The molecule has 29 heavy (non-hydrogen) atoms. The van der Waals surface area contributed by atoms with Crippen LogP contribution in [-0.2, 0) is 11.3 Å². The van der Waals surface area contributed by atoms with Gasteiger partial charge in [-0.2, -0.15) is 0 Å². The Morgan fingerprint density at radius 3 is 2.59 bits per heavy atom. The normalized spacial score (nSPS) is 16.4. The summed E-state index contributed by atoms with van der Waals surface area (Å²) in [6.07, 6.45) is 4.55. The van der Waals surface area contributed by atoms with Gasteiger partial charge in [-0.15, -0.1) is 11.3 Å². The van der Waals surface area contributed by atoms with Gasteiger partial charge in [0.05, 0.1) is 17.9 Å². The second-order valence-electron chi connectivity index (χ2n) is 6.90. The fraction of sp³-hybridized carbons (Fsp3) is 0.182. The van der Waals surface area contributed by atoms with Crippen LogP contribution >= 0.6 is 22.9 Å². The van der Waals surface area contributed by atoms with Gasteiger partial charge >= 0.3 is 0 Å². The molecule has 0 saturated heterocycles. The highest BCUT2D eigenvalue weighted by molar-refractivity contribution is 7.15.